The van der Waals surface area contributed by atoms with E-state index in [0.29, 0.717) is 11.6 Å². The average Bonchev–Trinajstić information content (AvgIpc) is 2.83. The molecule has 120 valence electrons. The molecular formula is C12H21N3O5S. The van der Waals surface area contributed by atoms with E-state index in [-0.39, 0.29) is 6.61 Å². The van der Waals surface area contributed by atoms with Gasteiger partial charge in [0.1, 0.15) is 11.6 Å². The predicted molar refractivity (Wildman–Crippen MR) is 77.5 cm³/mol. The zero-order valence-electron chi connectivity index (χ0n) is 12.6. The maximum Gasteiger partial charge on any atom is 0.426 e. The first-order chi connectivity index (χ1) is 9.74. The fraction of sp³-hybridized carbons (Fsp3) is 0.750. The second-order valence-corrected chi connectivity index (χ2v) is 6.29. The van der Waals surface area contributed by atoms with Gasteiger partial charge in [0.25, 0.3) is 0 Å². The molecule has 0 radical (unpaired) electrons. The lowest BCUT2D eigenvalue weighted by atomic mass is 10.2. The number of amides is 3. The summed E-state index contributed by atoms with van der Waals surface area (Å²) in [5, 5.41) is 0. The fourth-order valence-corrected chi connectivity index (χ4v) is 2.70. The molecule has 1 aliphatic rings. The van der Waals surface area contributed by atoms with E-state index in [1.807, 2.05) is 0 Å². The fourth-order valence-electron chi connectivity index (χ4n) is 1.56. The normalized spacial score (nSPS) is 18.1. The maximum absolute atomic E-state index is 12.0. The summed E-state index contributed by atoms with van der Waals surface area (Å²) in [4.78, 5) is 36.4. The molecule has 1 fully saturated rings. The zero-order valence-corrected chi connectivity index (χ0v) is 13.4. The SMILES string of the molecule is CCOC(=O)C1CSCN1C(=O)NNC(=O)OC(C)(C)C. The highest BCUT2D eigenvalue weighted by Gasteiger charge is 2.36. The van der Waals surface area contributed by atoms with E-state index < -0.39 is 29.7 Å². The van der Waals surface area contributed by atoms with Crippen molar-refractivity contribution in [1.82, 2.24) is 15.8 Å². The van der Waals surface area contributed by atoms with Crippen molar-refractivity contribution in [3.63, 3.8) is 0 Å². The van der Waals surface area contributed by atoms with Gasteiger partial charge in [-0.05, 0) is 27.7 Å². The van der Waals surface area contributed by atoms with E-state index >= 15 is 0 Å². The minimum Gasteiger partial charge on any atom is -0.464 e. The highest BCUT2D eigenvalue weighted by atomic mass is 32.2. The average molecular weight is 319 g/mol. The Hall–Kier alpha value is -1.64. The van der Waals surface area contributed by atoms with Gasteiger partial charge in [-0.1, -0.05) is 0 Å². The largest absolute Gasteiger partial charge is 0.464 e. The van der Waals surface area contributed by atoms with Crippen molar-refractivity contribution in [1.29, 1.82) is 0 Å². The number of hydrazine groups is 1. The van der Waals surface area contributed by atoms with Crippen molar-refractivity contribution in [2.45, 2.75) is 39.3 Å². The van der Waals surface area contributed by atoms with E-state index in [4.69, 9.17) is 9.47 Å². The Morgan fingerprint density at radius 2 is 1.95 bits per heavy atom. The molecule has 1 aliphatic heterocycles. The quantitative estimate of drug-likeness (QED) is 0.584. The van der Waals surface area contributed by atoms with Gasteiger partial charge >= 0.3 is 18.1 Å². The molecular weight excluding hydrogens is 298 g/mol. The third-order valence-electron chi connectivity index (χ3n) is 2.37. The molecule has 3 amide bonds. The first-order valence-corrected chi connectivity index (χ1v) is 7.70. The highest BCUT2D eigenvalue weighted by molar-refractivity contribution is 7.99. The number of carbonyl (C=O) groups excluding carboxylic acids is 3. The highest BCUT2D eigenvalue weighted by Crippen LogP contribution is 2.21. The van der Waals surface area contributed by atoms with E-state index in [0.717, 1.165) is 0 Å². The van der Waals surface area contributed by atoms with Crippen LogP contribution in [0.2, 0.25) is 0 Å². The zero-order chi connectivity index (χ0) is 16.0. The molecule has 9 heteroatoms. The number of carbonyl (C=O) groups is 3. The number of esters is 1. The van der Waals surface area contributed by atoms with Crippen LogP contribution >= 0.6 is 11.8 Å². The van der Waals surface area contributed by atoms with Gasteiger partial charge in [0.2, 0.25) is 0 Å². The van der Waals surface area contributed by atoms with Gasteiger partial charge in [-0.2, -0.15) is 0 Å². The van der Waals surface area contributed by atoms with Gasteiger partial charge in [-0.25, -0.2) is 25.2 Å². The summed E-state index contributed by atoms with van der Waals surface area (Å²) in [5.41, 5.74) is 3.70. The summed E-state index contributed by atoms with van der Waals surface area (Å²) in [6.45, 7) is 7.09. The molecule has 1 atom stereocenters. The van der Waals surface area contributed by atoms with Gasteiger partial charge in [-0.15, -0.1) is 11.8 Å². The molecule has 2 N–H and O–H groups in total. The van der Waals surface area contributed by atoms with Crippen molar-refractivity contribution < 1.29 is 23.9 Å². The van der Waals surface area contributed by atoms with Crippen LogP contribution in [0.3, 0.4) is 0 Å². The third kappa shape index (κ3) is 5.70. The third-order valence-corrected chi connectivity index (χ3v) is 3.38. The molecule has 21 heavy (non-hydrogen) atoms. The summed E-state index contributed by atoms with van der Waals surface area (Å²) in [6.07, 6.45) is -0.768. The van der Waals surface area contributed by atoms with Gasteiger partial charge in [0, 0.05) is 5.75 Å². The lowest BCUT2D eigenvalue weighted by Gasteiger charge is -2.23. The van der Waals surface area contributed by atoms with Crippen LogP contribution in [-0.2, 0) is 14.3 Å². The minimum atomic E-state index is -0.768. The topological polar surface area (TPSA) is 97.0 Å². The van der Waals surface area contributed by atoms with E-state index in [2.05, 4.69) is 10.9 Å². The summed E-state index contributed by atoms with van der Waals surface area (Å²) in [5.74, 6) is 0.374. The van der Waals surface area contributed by atoms with Crippen LogP contribution in [0.15, 0.2) is 0 Å². The number of hydrogen-bond acceptors (Lipinski definition) is 6. The number of ether oxygens (including phenoxy) is 2. The van der Waals surface area contributed by atoms with E-state index in [1.54, 1.807) is 27.7 Å². The predicted octanol–water partition coefficient (Wildman–Crippen LogP) is 1.07. The van der Waals surface area contributed by atoms with Gasteiger partial charge < -0.3 is 9.47 Å². The molecule has 1 saturated heterocycles. The standard InChI is InChI=1S/C12H21N3O5S/c1-5-19-9(16)8-6-21-7-15(8)10(17)13-14-11(18)20-12(2,3)4/h8H,5-7H2,1-4H3,(H,13,17)(H,14,18). The molecule has 1 rings (SSSR count). The second-order valence-electron chi connectivity index (χ2n) is 5.29. The number of nitrogens with zero attached hydrogens (tertiary/aromatic N) is 1. The molecule has 1 heterocycles. The molecule has 0 aromatic heterocycles. The number of urea groups is 1. The Kier molecular flexibility index (Phi) is 6.13. The smallest absolute Gasteiger partial charge is 0.426 e. The molecule has 0 spiro atoms. The van der Waals surface area contributed by atoms with Crippen LogP contribution in [-0.4, -0.2) is 52.9 Å². The van der Waals surface area contributed by atoms with Crippen LogP contribution < -0.4 is 10.9 Å². The van der Waals surface area contributed by atoms with Gasteiger partial charge in [0.05, 0.1) is 12.5 Å². The van der Waals surface area contributed by atoms with E-state index in [1.165, 1.54) is 16.7 Å². The first kappa shape index (κ1) is 17.4. The Morgan fingerprint density at radius 1 is 1.29 bits per heavy atom. The monoisotopic (exact) mass is 319 g/mol. The number of thioether (sulfide) groups is 1. The molecule has 0 saturated carbocycles. The molecule has 8 nitrogen and oxygen atoms in total. The second kappa shape index (κ2) is 7.39. The lowest BCUT2D eigenvalue weighted by Crippen LogP contribution is -2.53. The molecule has 1 unspecified atom stereocenters. The Morgan fingerprint density at radius 3 is 2.52 bits per heavy atom. The molecule has 0 aromatic rings. The summed E-state index contributed by atoms with van der Waals surface area (Å²) in [6, 6.07) is -1.22. The Labute approximate surface area is 127 Å². The maximum atomic E-state index is 12.0. The molecule has 0 aliphatic carbocycles. The van der Waals surface area contributed by atoms with Crippen LogP contribution in [0.4, 0.5) is 9.59 Å². The van der Waals surface area contributed by atoms with Crippen LogP contribution in [0, 0.1) is 0 Å². The van der Waals surface area contributed by atoms with Crippen molar-refractivity contribution in [3.05, 3.63) is 0 Å². The molecule has 0 bridgehead atoms. The lowest BCUT2D eigenvalue weighted by molar-refractivity contribution is -0.147. The minimum absolute atomic E-state index is 0.256. The Bertz CT molecular complexity index is 410. The van der Waals surface area contributed by atoms with Gasteiger partial charge in [-0.3, -0.25) is 4.90 Å². The van der Waals surface area contributed by atoms with Crippen molar-refractivity contribution in [2.75, 3.05) is 18.2 Å². The number of nitrogens with one attached hydrogen (secondary N) is 2. The number of hydrogen-bond donors (Lipinski definition) is 2. The van der Waals surface area contributed by atoms with E-state index in [9.17, 15) is 14.4 Å². The first-order valence-electron chi connectivity index (χ1n) is 6.54. The van der Waals surface area contributed by atoms with Crippen molar-refractivity contribution >= 4 is 29.9 Å². The molecule has 0 aromatic carbocycles. The van der Waals surface area contributed by atoms with Crippen LogP contribution in [0.5, 0.6) is 0 Å². The summed E-state index contributed by atoms with van der Waals surface area (Å²) in [7, 11) is 0. The van der Waals surface area contributed by atoms with Gasteiger partial charge in [0.15, 0.2) is 0 Å². The summed E-state index contributed by atoms with van der Waals surface area (Å²) < 4.78 is 9.90. The van der Waals surface area contributed by atoms with Crippen molar-refractivity contribution in [2.24, 2.45) is 0 Å². The summed E-state index contributed by atoms with van der Waals surface area (Å²) >= 11 is 1.44. The van der Waals surface area contributed by atoms with Crippen molar-refractivity contribution in [3.8, 4) is 0 Å². The van der Waals surface area contributed by atoms with Crippen LogP contribution in [0.25, 0.3) is 0 Å². The van der Waals surface area contributed by atoms with Crippen LogP contribution in [0.1, 0.15) is 27.7 Å². The number of rotatable bonds is 2. The Balaban J connectivity index is 2.47.